The molecule has 1 aliphatic carbocycles. The molecule has 9 nitrogen and oxygen atoms in total. The molecule has 1 amide bonds. The molecule has 1 aliphatic rings. The van der Waals surface area contributed by atoms with Crippen LogP contribution in [-0.4, -0.2) is 48.5 Å². The molecule has 0 radical (unpaired) electrons. The van der Waals surface area contributed by atoms with Gasteiger partial charge in [0.05, 0.1) is 23.3 Å². The summed E-state index contributed by atoms with van der Waals surface area (Å²) in [6.07, 6.45) is 1.59. The van der Waals surface area contributed by atoms with Gasteiger partial charge in [0.15, 0.2) is 5.65 Å². The van der Waals surface area contributed by atoms with Crippen molar-refractivity contribution >= 4 is 28.5 Å². The van der Waals surface area contributed by atoms with Crippen molar-refractivity contribution in [1.82, 2.24) is 14.5 Å². The van der Waals surface area contributed by atoms with E-state index in [1.54, 1.807) is 6.92 Å². The first-order chi connectivity index (χ1) is 10.8. The molecule has 2 aromatic rings. The topological polar surface area (TPSA) is 161 Å². The third-order valence-corrected chi connectivity index (χ3v) is 4.32. The number of nitrogen functional groups attached to an aromatic ring is 1. The largest absolute Gasteiger partial charge is 0.508 e. The number of carbonyl (C=O) groups is 1. The van der Waals surface area contributed by atoms with Gasteiger partial charge in [0.2, 0.25) is 0 Å². The Morgan fingerprint density at radius 2 is 2.22 bits per heavy atom. The summed E-state index contributed by atoms with van der Waals surface area (Å²) >= 11 is 0. The van der Waals surface area contributed by atoms with E-state index < -0.39 is 17.4 Å². The number of amides is 1. The van der Waals surface area contributed by atoms with Gasteiger partial charge in [-0.3, -0.25) is 4.79 Å². The lowest BCUT2D eigenvalue weighted by Gasteiger charge is -2.25. The van der Waals surface area contributed by atoms with Crippen LogP contribution < -0.4 is 11.5 Å². The molecule has 0 saturated heterocycles. The van der Waals surface area contributed by atoms with E-state index in [9.17, 15) is 20.1 Å². The van der Waals surface area contributed by atoms with Crippen LogP contribution in [0.3, 0.4) is 0 Å². The Labute approximate surface area is 130 Å². The zero-order valence-corrected chi connectivity index (χ0v) is 12.4. The summed E-state index contributed by atoms with van der Waals surface area (Å²) in [5.41, 5.74) is 11.0. The van der Waals surface area contributed by atoms with E-state index in [0.717, 1.165) is 0 Å². The van der Waals surface area contributed by atoms with Gasteiger partial charge in [-0.2, -0.15) is 0 Å². The van der Waals surface area contributed by atoms with Gasteiger partial charge in [0.1, 0.15) is 24.0 Å². The number of rotatable bonds is 3. The molecule has 2 heterocycles. The lowest BCUT2D eigenvalue weighted by Crippen LogP contribution is -2.32. The van der Waals surface area contributed by atoms with Crippen LogP contribution in [0.5, 0.6) is 0 Å². The van der Waals surface area contributed by atoms with Gasteiger partial charge >= 0.3 is 0 Å². The Morgan fingerprint density at radius 1 is 1.52 bits per heavy atom. The molecule has 23 heavy (non-hydrogen) atoms. The van der Waals surface area contributed by atoms with Crippen molar-refractivity contribution in [2.75, 3.05) is 12.3 Å². The van der Waals surface area contributed by atoms with Crippen molar-refractivity contribution in [3.8, 4) is 0 Å². The van der Waals surface area contributed by atoms with E-state index in [-0.39, 0.29) is 35.6 Å². The fourth-order valence-corrected chi connectivity index (χ4v) is 2.89. The fourth-order valence-electron chi connectivity index (χ4n) is 2.89. The van der Waals surface area contributed by atoms with Gasteiger partial charge in [0, 0.05) is 18.0 Å². The van der Waals surface area contributed by atoms with E-state index in [4.69, 9.17) is 11.5 Å². The van der Waals surface area contributed by atoms with Gasteiger partial charge in [-0.25, -0.2) is 9.97 Å². The third kappa shape index (κ3) is 2.05. The van der Waals surface area contributed by atoms with Crippen molar-refractivity contribution in [2.24, 2.45) is 11.1 Å². The average Bonchev–Trinajstić information content (AvgIpc) is 3.01. The van der Waals surface area contributed by atoms with Crippen LogP contribution in [0, 0.1) is 5.41 Å². The molecule has 0 aromatic carbocycles. The van der Waals surface area contributed by atoms with Crippen LogP contribution in [0.25, 0.3) is 16.7 Å². The maximum Gasteiger partial charge on any atom is 0.251 e. The summed E-state index contributed by atoms with van der Waals surface area (Å²) in [5, 5.41) is 30.2. The first kappa shape index (κ1) is 15.3. The summed E-state index contributed by atoms with van der Waals surface area (Å²) in [7, 11) is 0. The van der Waals surface area contributed by atoms with E-state index in [0.29, 0.717) is 11.3 Å². The second kappa shape index (κ2) is 4.93. The zero-order valence-electron chi connectivity index (χ0n) is 12.4. The lowest BCUT2D eigenvalue weighted by atomic mass is 9.86. The van der Waals surface area contributed by atoms with Crippen LogP contribution in [0.1, 0.15) is 23.7 Å². The number of carbonyl (C=O) groups excluding carboxylic acids is 1. The number of allylic oxidation sites excluding steroid dienone is 1. The van der Waals surface area contributed by atoms with Crippen LogP contribution in [0.4, 0.5) is 5.82 Å². The van der Waals surface area contributed by atoms with E-state index >= 15 is 0 Å². The van der Waals surface area contributed by atoms with Gasteiger partial charge in [-0.15, -0.1) is 0 Å². The quantitative estimate of drug-likeness (QED) is 0.514. The zero-order chi connectivity index (χ0) is 16.9. The SMILES string of the molecule is C[C@]1(CO)CC(n2cc(C(N)=O)c3c(N)ncnc32)=C(O)C1O. The normalized spacial score (nSPS) is 24.6. The minimum absolute atomic E-state index is 0.0890. The summed E-state index contributed by atoms with van der Waals surface area (Å²) in [6, 6.07) is 0. The van der Waals surface area contributed by atoms with E-state index in [1.807, 2.05) is 0 Å². The monoisotopic (exact) mass is 319 g/mol. The van der Waals surface area contributed by atoms with Gasteiger partial charge < -0.3 is 31.4 Å². The Balaban J connectivity index is 2.26. The molecule has 2 aromatic heterocycles. The highest BCUT2D eigenvalue weighted by atomic mass is 16.3. The molecule has 0 bridgehead atoms. The fraction of sp³-hybridized carbons (Fsp3) is 0.357. The molecule has 0 aliphatic heterocycles. The van der Waals surface area contributed by atoms with Crippen molar-refractivity contribution in [3.05, 3.63) is 23.8 Å². The first-order valence-electron chi connectivity index (χ1n) is 6.93. The number of aliphatic hydroxyl groups is 3. The number of aliphatic hydroxyl groups excluding tert-OH is 3. The van der Waals surface area contributed by atoms with Crippen LogP contribution >= 0.6 is 0 Å². The molecular formula is C14H17N5O4. The highest BCUT2D eigenvalue weighted by Crippen LogP contribution is 2.44. The van der Waals surface area contributed by atoms with Crippen LogP contribution in [0.2, 0.25) is 0 Å². The van der Waals surface area contributed by atoms with E-state index in [1.165, 1.54) is 17.1 Å². The average molecular weight is 319 g/mol. The summed E-state index contributed by atoms with van der Waals surface area (Å²) in [5.74, 6) is -0.906. The number of hydrogen-bond donors (Lipinski definition) is 5. The minimum atomic E-state index is -1.23. The molecule has 3 rings (SSSR count). The van der Waals surface area contributed by atoms with Crippen molar-refractivity contribution in [1.29, 1.82) is 0 Å². The Bertz CT molecular complexity index is 843. The van der Waals surface area contributed by atoms with E-state index in [2.05, 4.69) is 9.97 Å². The predicted octanol–water partition coefficient (Wildman–Crippen LogP) is -0.398. The third-order valence-electron chi connectivity index (χ3n) is 4.32. The highest BCUT2D eigenvalue weighted by Gasteiger charge is 2.44. The number of anilines is 1. The second-order valence-electron chi connectivity index (χ2n) is 5.96. The Kier molecular flexibility index (Phi) is 3.27. The molecule has 7 N–H and O–H groups in total. The number of fused-ring (bicyclic) bond motifs is 1. The van der Waals surface area contributed by atoms with Gasteiger partial charge in [0.25, 0.3) is 5.91 Å². The molecular weight excluding hydrogens is 302 g/mol. The number of nitrogens with two attached hydrogens (primary N) is 2. The molecule has 0 fully saturated rings. The maximum absolute atomic E-state index is 11.7. The molecule has 0 spiro atoms. The molecule has 0 saturated carbocycles. The molecule has 122 valence electrons. The van der Waals surface area contributed by atoms with Crippen LogP contribution in [0.15, 0.2) is 18.3 Å². The second-order valence-corrected chi connectivity index (χ2v) is 5.96. The maximum atomic E-state index is 11.7. The number of aromatic nitrogens is 3. The van der Waals surface area contributed by atoms with Crippen molar-refractivity contribution in [2.45, 2.75) is 19.4 Å². The Morgan fingerprint density at radius 3 is 2.78 bits per heavy atom. The number of primary amides is 1. The Hall–Kier alpha value is -2.65. The smallest absolute Gasteiger partial charge is 0.251 e. The van der Waals surface area contributed by atoms with Crippen molar-refractivity contribution in [3.63, 3.8) is 0 Å². The van der Waals surface area contributed by atoms with Crippen molar-refractivity contribution < 1.29 is 20.1 Å². The number of nitrogens with zero attached hydrogens (tertiary/aromatic N) is 3. The van der Waals surface area contributed by atoms with Gasteiger partial charge in [-0.05, 0) is 0 Å². The summed E-state index contributed by atoms with van der Waals surface area (Å²) < 4.78 is 1.45. The summed E-state index contributed by atoms with van der Waals surface area (Å²) in [6.45, 7) is 1.33. The van der Waals surface area contributed by atoms with Crippen LogP contribution in [-0.2, 0) is 0 Å². The number of hydrogen-bond acceptors (Lipinski definition) is 7. The summed E-state index contributed by atoms with van der Waals surface area (Å²) in [4.78, 5) is 19.6. The molecule has 2 atom stereocenters. The molecule has 1 unspecified atom stereocenters. The minimum Gasteiger partial charge on any atom is -0.508 e. The standard InChI is InChI=1S/C14H17N5O4/c1-14(4-20)2-7(9(21)10(14)22)19-3-6(12(16)23)8-11(15)17-5-18-13(8)19/h3,5,10,20-22H,2,4H2,1H3,(H2,16,23)(H2,15,17,18)/t10?,14-/m1/s1. The first-order valence-corrected chi connectivity index (χ1v) is 6.93. The molecule has 9 heteroatoms. The van der Waals surface area contributed by atoms with Gasteiger partial charge in [-0.1, -0.05) is 6.92 Å². The lowest BCUT2D eigenvalue weighted by molar-refractivity contribution is 0.0122. The highest BCUT2D eigenvalue weighted by molar-refractivity contribution is 6.09. The predicted molar refractivity (Wildman–Crippen MR) is 82.1 cm³/mol.